The molecule has 144 valence electrons. The molecule has 14 heteroatoms. The Hall–Kier alpha value is -2.01. The van der Waals surface area contributed by atoms with Gasteiger partial charge in [-0.15, -0.1) is 0 Å². The molecular formula is C13H4Cl4F3N3O4. The lowest BCUT2D eigenvalue weighted by Gasteiger charge is -2.16. The van der Waals surface area contributed by atoms with E-state index in [9.17, 15) is 33.4 Å². The van der Waals surface area contributed by atoms with Gasteiger partial charge in [0.05, 0.1) is 47.3 Å². The molecule has 0 fully saturated rings. The minimum absolute atomic E-state index is 0.155. The van der Waals surface area contributed by atoms with Crippen LogP contribution < -0.4 is 5.32 Å². The highest BCUT2D eigenvalue weighted by atomic mass is 35.5. The molecule has 0 atom stereocenters. The van der Waals surface area contributed by atoms with Crippen LogP contribution in [0.1, 0.15) is 5.56 Å². The van der Waals surface area contributed by atoms with E-state index in [0.29, 0.717) is 6.07 Å². The molecule has 0 unspecified atom stereocenters. The Morgan fingerprint density at radius 3 is 1.96 bits per heavy atom. The predicted octanol–water partition coefficient (Wildman–Crippen LogP) is 6.88. The van der Waals surface area contributed by atoms with Crippen molar-refractivity contribution in [1.29, 1.82) is 0 Å². The zero-order valence-electron chi connectivity index (χ0n) is 12.4. The van der Waals surface area contributed by atoms with Gasteiger partial charge in [0.25, 0.3) is 11.4 Å². The van der Waals surface area contributed by atoms with Crippen LogP contribution in [0.5, 0.6) is 0 Å². The van der Waals surface area contributed by atoms with Crippen molar-refractivity contribution in [2.45, 2.75) is 6.18 Å². The third-order valence-corrected chi connectivity index (χ3v) is 4.93. The Morgan fingerprint density at radius 1 is 0.889 bits per heavy atom. The third kappa shape index (κ3) is 4.29. The Labute approximate surface area is 167 Å². The topological polar surface area (TPSA) is 98.3 Å². The van der Waals surface area contributed by atoms with Crippen molar-refractivity contribution in [2.75, 3.05) is 5.32 Å². The smallest absolute Gasteiger partial charge is 0.348 e. The van der Waals surface area contributed by atoms with Gasteiger partial charge in [-0.25, -0.2) is 0 Å². The lowest BCUT2D eigenvalue weighted by Crippen LogP contribution is -2.12. The highest BCUT2D eigenvalue weighted by molar-refractivity contribution is 6.52. The van der Waals surface area contributed by atoms with E-state index in [4.69, 9.17) is 46.4 Å². The quantitative estimate of drug-likeness (QED) is 0.230. The number of hydrogen-bond acceptors (Lipinski definition) is 5. The van der Waals surface area contributed by atoms with Gasteiger partial charge in [0.2, 0.25) is 0 Å². The predicted molar refractivity (Wildman–Crippen MR) is 94.5 cm³/mol. The van der Waals surface area contributed by atoms with Crippen LogP contribution in [0.2, 0.25) is 20.1 Å². The molecule has 2 rings (SSSR count). The van der Waals surface area contributed by atoms with Crippen LogP contribution in [0.15, 0.2) is 18.2 Å². The fourth-order valence-corrected chi connectivity index (χ4v) is 2.86. The van der Waals surface area contributed by atoms with Crippen molar-refractivity contribution >= 4 is 69.2 Å². The summed E-state index contributed by atoms with van der Waals surface area (Å²) in [4.78, 5) is 19.6. The molecule has 0 spiro atoms. The van der Waals surface area contributed by atoms with Gasteiger partial charge in [-0.2, -0.15) is 13.2 Å². The van der Waals surface area contributed by atoms with E-state index in [0.717, 1.165) is 6.07 Å². The molecule has 7 nitrogen and oxygen atoms in total. The normalized spacial score (nSPS) is 11.4. The second-order valence-electron chi connectivity index (χ2n) is 4.87. The maximum atomic E-state index is 13.4. The van der Waals surface area contributed by atoms with Gasteiger partial charge in [-0.1, -0.05) is 46.4 Å². The fourth-order valence-electron chi connectivity index (χ4n) is 2.01. The zero-order valence-corrected chi connectivity index (χ0v) is 15.4. The molecule has 27 heavy (non-hydrogen) atoms. The summed E-state index contributed by atoms with van der Waals surface area (Å²) in [7, 11) is 0. The molecule has 0 heterocycles. The number of nitro benzene ring substituents is 2. The Bertz CT molecular complexity index is 969. The van der Waals surface area contributed by atoms with Crippen LogP contribution in [0.4, 0.5) is 35.9 Å². The van der Waals surface area contributed by atoms with Gasteiger partial charge < -0.3 is 5.32 Å². The number of alkyl halides is 3. The van der Waals surface area contributed by atoms with Crippen molar-refractivity contribution in [3.63, 3.8) is 0 Å². The number of nitrogens with one attached hydrogen (secondary N) is 1. The second kappa shape index (κ2) is 7.55. The molecular weight excluding hydrogens is 461 g/mol. The molecule has 0 aliphatic heterocycles. The average molecular weight is 465 g/mol. The number of hydrogen-bond donors (Lipinski definition) is 1. The van der Waals surface area contributed by atoms with E-state index in [2.05, 4.69) is 5.32 Å². The first-order valence-corrected chi connectivity index (χ1v) is 7.99. The molecule has 0 aromatic heterocycles. The first kappa shape index (κ1) is 21.3. The Balaban J connectivity index is 2.80. The van der Waals surface area contributed by atoms with Crippen LogP contribution in [-0.4, -0.2) is 9.85 Å². The summed E-state index contributed by atoms with van der Waals surface area (Å²) in [6.07, 6.45) is -5.16. The summed E-state index contributed by atoms with van der Waals surface area (Å²) in [5.41, 5.74) is -5.36. The van der Waals surface area contributed by atoms with Gasteiger partial charge in [0.15, 0.2) is 0 Å². The van der Waals surface area contributed by atoms with Crippen molar-refractivity contribution in [2.24, 2.45) is 0 Å². The highest BCUT2D eigenvalue weighted by Gasteiger charge is 2.40. The number of nitrogens with zero attached hydrogens (tertiary/aromatic N) is 2. The molecule has 0 amide bonds. The molecule has 0 aliphatic rings. The molecule has 2 aromatic carbocycles. The maximum Gasteiger partial charge on any atom is 0.418 e. The van der Waals surface area contributed by atoms with Gasteiger partial charge in [0, 0.05) is 6.07 Å². The molecule has 1 N–H and O–H groups in total. The number of halogens is 7. The monoisotopic (exact) mass is 463 g/mol. The van der Waals surface area contributed by atoms with Crippen LogP contribution >= 0.6 is 46.4 Å². The number of nitro groups is 2. The number of rotatable bonds is 4. The minimum atomic E-state index is -5.16. The Morgan fingerprint density at radius 2 is 1.48 bits per heavy atom. The number of benzene rings is 2. The van der Waals surface area contributed by atoms with E-state index < -0.39 is 38.6 Å². The summed E-state index contributed by atoms with van der Waals surface area (Å²) in [5, 5.41) is 23.1. The van der Waals surface area contributed by atoms with Gasteiger partial charge in [-0.3, -0.25) is 20.2 Å². The van der Waals surface area contributed by atoms with Gasteiger partial charge in [0.1, 0.15) is 5.69 Å². The summed E-state index contributed by atoms with van der Waals surface area (Å²) in [6, 6.07) is 1.54. The van der Waals surface area contributed by atoms with E-state index in [-0.39, 0.29) is 31.8 Å². The van der Waals surface area contributed by atoms with Gasteiger partial charge >= 0.3 is 6.18 Å². The molecule has 0 aliphatic carbocycles. The SMILES string of the molecule is O=[N+]([O-])c1cc([N+](=O)[O-])c(Nc2cc(Cl)c(Cl)c(Cl)c2Cl)c(C(F)(F)F)c1. The molecule has 0 radical (unpaired) electrons. The summed E-state index contributed by atoms with van der Waals surface area (Å²) in [6.45, 7) is 0. The average Bonchev–Trinajstić information content (AvgIpc) is 2.56. The fraction of sp³-hybridized carbons (Fsp3) is 0.0769. The van der Waals surface area contributed by atoms with Crippen molar-refractivity contribution in [1.82, 2.24) is 0 Å². The lowest BCUT2D eigenvalue weighted by atomic mass is 10.1. The highest BCUT2D eigenvalue weighted by Crippen LogP contribution is 2.47. The van der Waals surface area contributed by atoms with E-state index in [1.54, 1.807) is 0 Å². The van der Waals surface area contributed by atoms with E-state index >= 15 is 0 Å². The van der Waals surface area contributed by atoms with Crippen molar-refractivity contribution < 1.29 is 23.0 Å². The first-order valence-electron chi connectivity index (χ1n) is 6.48. The second-order valence-corrected chi connectivity index (χ2v) is 6.41. The standard InChI is InChI=1S/C13H4Cl4F3N3O4/c14-6-3-7(10(16)11(17)9(6)15)21-12-5(13(18,19)20)1-4(22(24)25)2-8(12)23(26)27/h1-3,21H. The summed E-state index contributed by atoms with van der Waals surface area (Å²) >= 11 is 23.3. The third-order valence-electron chi connectivity index (χ3n) is 3.18. The molecule has 0 saturated carbocycles. The van der Waals surface area contributed by atoms with Crippen molar-refractivity contribution in [3.05, 3.63) is 64.1 Å². The molecule has 0 saturated heterocycles. The maximum absolute atomic E-state index is 13.4. The van der Waals surface area contributed by atoms with E-state index in [1.165, 1.54) is 0 Å². The number of non-ortho nitro benzene ring substituents is 1. The largest absolute Gasteiger partial charge is 0.418 e. The van der Waals surface area contributed by atoms with Gasteiger partial charge in [-0.05, 0) is 6.07 Å². The van der Waals surface area contributed by atoms with Crippen LogP contribution in [0, 0.1) is 20.2 Å². The summed E-state index contributed by atoms with van der Waals surface area (Å²) < 4.78 is 40.1. The van der Waals surface area contributed by atoms with Crippen LogP contribution in [0.3, 0.4) is 0 Å². The number of anilines is 2. The minimum Gasteiger partial charge on any atom is -0.348 e. The van der Waals surface area contributed by atoms with E-state index in [1.807, 2.05) is 0 Å². The zero-order chi connectivity index (χ0) is 20.7. The molecule has 0 bridgehead atoms. The summed E-state index contributed by atoms with van der Waals surface area (Å²) in [5.74, 6) is 0. The lowest BCUT2D eigenvalue weighted by molar-refractivity contribution is -0.394. The first-order chi connectivity index (χ1) is 12.3. The Kier molecular flexibility index (Phi) is 5.95. The van der Waals surface area contributed by atoms with Crippen LogP contribution in [0.25, 0.3) is 0 Å². The van der Waals surface area contributed by atoms with Crippen molar-refractivity contribution in [3.8, 4) is 0 Å². The van der Waals surface area contributed by atoms with Crippen LogP contribution in [-0.2, 0) is 6.18 Å². The molecule has 2 aromatic rings.